The summed E-state index contributed by atoms with van der Waals surface area (Å²) < 4.78 is 26.7. The molecule has 1 atom stereocenters. The fraction of sp³-hybridized carbons (Fsp3) is 0.462. The molecule has 0 bridgehead atoms. The Morgan fingerprint density at radius 1 is 0.941 bits per heavy atom. The second kappa shape index (κ2) is 13.2. The molecular weight excluding hydrogens is 450 g/mol. The highest BCUT2D eigenvalue weighted by molar-refractivity contribution is 7.89. The van der Waals surface area contributed by atoms with Gasteiger partial charge in [-0.1, -0.05) is 55.5 Å². The van der Waals surface area contributed by atoms with Crippen molar-refractivity contribution in [1.29, 1.82) is 0 Å². The summed E-state index contributed by atoms with van der Waals surface area (Å²) in [5, 5.41) is 2.92. The van der Waals surface area contributed by atoms with E-state index in [2.05, 4.69) is 5.32 Å². The molecular formula is C26H37N3O4S. The molecule has 34 heavy (non-hydrogen) atoms. The summed E-state index contributed by atoms with van der Waals surface area (Å²) >= 11 is 0. The molecule has 2 amide bonds. The first-order valence-electron chi connectivity index (χ1n) is 11.8. The van der Waals surface area contributed by atoms with E-state index in [1.54, 1.807) is 35.2 Å². The van der Waals surface area contributed by atoms with Crippen LogP contribution in [0.4, 0.5) is 0 Å². The first kappa shape index (κ1) is 27.5. The molecule has 7 nitrogen and oxygen atoms in total. The first-order valence-corrected chi connectivity index (χ1v) is 13.3. The van der Waals surface area contributed by atoms with Gasteiger partial charge in [-0.2, -0.15) is 0 Å². The lowest BCUT2D eigenvalue weighted by atomic mass is 10.1. The third-order valence-corrected chi connectivity index (χ3v) is 7.49. The number of carbonyl (C=O) groups excluding carboxylic acids is 2. The van der Waals surface area contributed by atoms with Crippen molar-refractivity contribution in [2.75, 3.05) is 20.1 Å². The van der Waals surface area contributed by atoms with Gasteiger partial charge in [0, 0.05) is 32.6 Å². The second-order valence-electron chi connectivity index (χ2n) is 8.65. The zero-order valence-corrected chi connectivity index (χ0v) is 21.4. The minimum atomic E-state index is -3.61. The molecule has 0 saturated carbocycles. The van der Waals surface area contributed by atoms with Gasteiger partial charge in [0.25, 0.3) is 0 Å². The van der Waals surface area contributed by atoms with E-state index in [9.17, 15) is 18.0 Å². The van der Waals surface area contributed by atoms with Crippen molar-refractivity contribution < 1.29 is 18.0 Å². The van der Waals surface area contributed by atoms with Crippen molar-refractivity contribution in [2.24, 2.45) is 0 Å². The Morgan fingerprint density at radius 2 is 1.53 bits per heavy atom. The highest BCUT2D eigenvalue weighted by atomic mass is 32.2. The van der Waals surface area contributed by atoms with Crippen molar-refractivity contribution >= 4 is 21.8 Å². The number of hydrogen-bond donors (Lipinski definition) is 1. The Kier molecular flexibility index (Phi) is 10.7. The van der Waals surface area contributed by atoms with Gasteiger partial charge in [0.1, 0.15) is 6.04 Å². The minimum Gasteiger partial charge on any atom is -0.352 e. The van der Waals surface area contributed by atoms with Crippen molar-refractivity contribution in [3.8, 4) is 0 Å². The van der Waals surface area contributed by atoms with E-state index in [-0.39, 0.29) is 35.7 Å². The number of rotatable bonds is 13. The van der Waals surface area contributed by atoms with Crippen LogP contribution in [-0.4, -0.2) is 61.7 Å². The smallest absolute Gasteiger partial charge is 0.242 e. The molecule has 186 valence electrons. The Bertz CT molecular complexity index is 1010. The van der Waals surface area contributed by atoms with Crippen molar-refractivity contribution in [2.45, 2.75) is 63.4 Å². The average molecular weight is 488 g/mol. The molecule has 0 fully saturated rings. The van der Waals surface area contributed by atoms with Crippen molar-refractivity contribution in [1.82, 2.24) is 14.5 Å². The van der Waals surface area contributed by atoms with Crippen LogP contribution in [0.25, 0.3) is 0 Å². The maximum Gasteiger partial charge on any atom is 0.242 e. The van der Waals surface area contributed by atoms with Crippen LogP contribution in [0, 0.1) is 0 Å². The van der Waals surface area contributed by atoms with Gasteiger partial charge in [0.15, 0.2) is 0 Å². The molecule has 2 rings (SSSR count). The summed E-state index contributed by atoms with van der Waals surface area (Å²) in [6.45, 7) is 6.32. The van der Waals surface area contributed by atoms with Crippen LogP contribution in [0.2, 0.25) is 0 Å². The van der Waals surface area contributed by atoms with Gasteiger partial charge in [0.2, 0.25) is 21.8 Å². The molecule has 2 aromatic carbocycles. The van der Waals surface area contributed by atoms with Crippen molar-refractivity contribution in [3.63, 3.8) is 0 Å². The topological polar surface area (TPSA) is 86.8 Å². The van der Waals surface area contributed by atoms with Gasteiger partial charge in [-0.3, -0.25) is 9.59 Å². The second-order valence-corrected chi connectivity index (χ2v) is 10.7. The van der Waals surface area contributed by atoms with Gasteiger partial charge in [-0.05, 0) is 50.8 Å². The highest BCUT2D eigenvalue weighted by Gasteiger charge is 2.28. The van der Waals surface area contributed by atoms with E-state index in [0.29, 0.717) is 25.8 Å². The third-order valence-electron chi connectivity index (χ3n) is 5.62. The summed E-state index contributed by atoms with van der Waals surface area (Å²) in [5.74, 6) is -0.310. The molecule has 0 unspecified atom stereocenters. The number of benzene rings is 2. The zero-order chi connectivity index (χ0) is 25.1. The Labute approximate surface area is 204 Å². The van der Waals surface area contributed by atoms with Crippen molar-refractivity contribution in [3.05, 3.63) is 66.2 Å². The van der Waals surface area contributed by atoms with Crippen LogP contribution in [0.1, 0.15) is 45.6 Å². The fourth-order valence-corrected chi connectivity index (χ4v) is 5.00. The molecule has 8 heteroatoms. The van der Waals surface area contributed by atoms with Gasteiger partial charge >= 0.3 is 0 Å². The minimum absolute atomic E-state index is 0.0236. The van der Waals surface area contributed by atoms with Gasteiger partial charge in [0.05, 0.1) is 4.90 Å². The molecule has 1 N–H and O–H groups in total. The number of sulfonamides is 1. The summed E-state index contributed by atoms with van der Waals surface area (Å²) in [4.78, 5) is 27.9. The summed E-state index contributed by atoms with van der Waals surface area (Å²) in [6, 6.07) is 17.5. The maximum absolute atomic E-state index is 13.2. The third kappa shape index (κ3) is 7.95. The molecule has 0 aliphatic carbocycles. The van der Waals surface area contributed by atoms with Gasteiger partial charge in [-0.15, -0.1) is 0 Å². The lowest BCUT2D eigenvalue weighted by Crippen LogP contribution is -2.51. The molecule has 0 aromatic heterocycles. The lowest BCUT2D eigenvalue weighted by molar-refractivity contribution is -0.141. The highest BCUT2D eigenvalue weighted by Crippen LogP contribution is 2.16. The predicted octanol–water partition coefficient (Wildman–Crippen LogP) is 3.46. The summed E-state index contributed by atoms with van der Waals surface area (Å²) in [6.07, 6.45) is 1.67. The largest absolute Gasteiger partial charge is 0.352 e. The number of nitrogens with zero attached hydrogens (tertiary/aromatic N) is 2. The summed E-state index contributed by atoms with van der Waals surface area (Å²) in [5.41, 5.74) is 1.09. The van der Waals surface area contributed by atoms with E-state index in [4.69, 9.17) is 0 Å². The average Bonchev–Trinajstić information content (AvgIpc) is 2.82. The zero-order valence-electron chi connectivity index (χ0n) is 20.6. The Hall–Kier alpha value is -2.71. The maximum atomic E-state index is 13.2. The van der Waals surface area contributed by atoms with Crippen LogP contribution < -0.4 is 5.32 Å². The molecule has 2 aromatic rings. The van der Waals surface area contributed by atoms with Crippen LogP contribution in [0.15, 0.2) is 65.6 Å². The number of amides is 2. The van der Waals surface area contributed by atoms with Crippen LogP contribution in [0.5, 0.6) is 0 Å². The molecule has 0 aliphatic rings. The van der Waals surface area contributed by atoms with Crippen LogP contribution in [-0.2, 0) is 26.0 Å². The van der Waals surface area contributed by atoms with Gasteiger partial charge < -0.3 is 10.2 Å². The van der Waals surface area contributed by atoms with Crippen LogP contribution >= 0.6 is 0 Å². The van der Waals surface area contributed by atoms with Gasteiger partial charge in [-0.25, -0.2) is 12.7 Å². The number of hydrogen-bond acceptors (Lipinski definition) is 4. The normalized spacial score (nSPS) is 12.5. The van der Waals surface area contributed by atoms with E-state index in [0.717, 1.165) is 5.56 Å². The summed E-state index contributed by atoms with van der Waals surface area (Å²) in [7, 11) is -2.09. The standard InChI is InChI=1S/C26H37N3O4S/c1-5-24(26(31)27-21(2)3)29(20-18-22-13-8-6-9-14-22)25(30)17-12-19-28(4)34(32,33)23-15-10-7-11-16-23/h6-11,13-16,21,24H,5,12,17-20H2,1-4H3,(H,27,31)/t24-/m0/s1. The Morgan fingerprint density at radius 3 is 2.09 bits per heavy atom. The van der Waals surface area contributed by atoms with E-state index < -0.39 is 16.1 Å². The van der Waals surface area contributed by atoms with E-state index >= 15 is 0 Å². The van der Waals surface area contributed by atoms with E-state index in [1.165, 1.54) is 11.4 Å². The van der Waals surface area contributed by atoms with Crippen LogP contribution in [0.3, 0.4) is 0 Å². The molecule has 0 aliphatic heterocycles. The molecule has 0 saturated heterocycles. The lowest BCUT2D eigenvalue weighted by Gasteiger charge is -2.31. The Balaban J connectivity index is 2.06. The molecule has 0 heterocycles. The first-order chi connectivity index (χ1) is 16.2. The monoisotopic (exact) mass is 487 g/mol. The predicted molar refractivity (Wildman–Crippen MR) is 135 cm³/mol. The quantitative estimate of drug-likeness (QED) is 0.469. The molecule has 0 spiro atoms. The number of nitrogens with one attached hydrogen (secondary N) is 1. The number of carbonyl (C=O) groups is 2. The fourth-order valence-electron chi connectivity index (χ4n) is 3.77. The molecule has 0 radical (unpaired) electrons. The van der Waals surface area contributed by atoms with E-state index in [1.807, 2.05) is 51.1 Å². The SMILES string of the molecule is CC[C@@H](C(=O)NC(C)C)N(CCc1ccccc1)C(=O)CCCN(C)S(=O)(=O)c1ccccc1.